The molecule has 3 aromatic rings. The Morgan fingerprint density at radius 2 is 1.70 bits per heavy atom. The normalized spacial score (nSPS) is 12.5. The van der Waals surface area contributed by atoms with Gasteiger partial charge in [0.1, 0.15) is 5.75 Å². The zero-order valence-electron chi connectivity index (χ0n) is 14.4. The SMILES string of the molecule is CC(Oc1ccc(S(C)(=O)=O)cc1)c1nnc(-c2ccc([N+](=O)[O-])cc2)o1. The van der Waals surface area contributed by atoms with Gasteiger partial charge in [0.2, 0.25) is 5.89 Å². The number of benzene rings is 2. The predicted molar refractivity (Wildman–Crippen MR) is 95.0 cm³/mol. The number of nitrogens with zero attached hydrogens (tertiary/aromatic N) is 3. The predicted octanol–water partition coefficient (Wildman–Crippen LogP) is 3.19. The average Bonchev–Trinajstić information content (AvgIpc) is 3.12. The van der Waals surface area contributed by atoms with Crippen molar-refractivity contribution < 1.29 is 22.5 Å². The van der Waals surface area contributed by atoms with Crippen LogP contribution in [0, 0.1) is 10.1 Å². The number of nitro benzene ring substituents is 1. The van der Waals surface area contributed by atoms with Crippen LogP contribution >= 0.6 is 0 Å². The first-order valence-corrected chi connectivity index (χ1v) is 9.68. The van der Waals surface area contributed by atoms with Crippen LogP contribution in [0.5, 0.6) is 5.75 Å². The first kappa shape index (κ1) is 18.5. The summed E-state index contributed by atoms with van der Waals surface area (Å²) in [6.07, 6.45) is 0.553. The second-order valence-electron chi connectivity index (χ2n) is 5.75. The lowest BCUT2D eigenvalue weighted by molar-refractivity contribution is -0.384. The van der Waals surface area contributed by atoms with E-state index in [9.17, 15) is 18.5 Å². The average molecular weight is 389 g/mol. The molecule has 2 aromatic carbocycles. The van der Waals surface area contributed by atoms with Crippen LogP contribution < -0.4 is 4.74 Å². The van der Waals surface area contributed by atoms with Crippen molar-refractivity contribution in [3.8, 4) is 17.2 Å². The summed E-state index contributed by atoms with van der Waals surface area (Å²) in [6.45, 7) is 1.71. The third kappa shape index (κ3) is 4.29. The summed E-state index contributed by atoms with van der Waals surface area (Å²) in [5.41, 5.74) is 0.511. The van der Waals surface area contributed by atoms with E-state index >= 15 is 0 Å². The van der Waals surface area contributed by atoms with Gasteiger partial charge in [0.25, 0.3) is 11.6 Å². The van der Waals surface area contributed by atoms with Crippen molar-refractivity contribution in [3.05, 3.63) is 64.5 Å². The molecule has 3 rings (SSSR count). The van der Waals surface area contributed by atoms with Gasteiger partial charge in [-0.25, -0.2) is 8.42 Å². The molecule has 0 saturated heterocycles. The van der Waals surface area contributed by atoms with Gasteiger partial charge in [0.05, 0.1) is 9.82 Å². The molecular weight excluding hydrogens is 374 g/mol. The summed E-state index contributed by atoms with van der Waals surface area (Å²) in [5.74, 6) is 0.878. The number of ether oxygens (including phenoxy) is 1. The lowest BCUT2D eigenvalue weighted by Gasteiger charge is -2.11. The Bertz CT molecular complexity index is 1060. The number of hydrogen-bond donors (Lipinski definition) is 0. The molecule has 1 heterocycles. The number of rotatable bonds is 6. The zero-order valence-corrected chi connectivity index (χ0v) is 15.2. The van der Waals surface area contributed by atoms with Gasteiger partial charge >= 0.3 is 0 Å². The highest BCUT2D eigenvalue weighted by Crippen LogP contribution is 2.26. The number of sulfone groups is 1. The largest absolute Gasteiger partial charge is 0.481 e. The standard InChI is InChI=1S/C17H15N3O6S/c1-11(25-14-7-9-15(10-8-14)27(2,23)24)16-18-19-17(26-16)12-3-5-13(6-4-12)20(21)22/h3-11H,1-2H3. The fourth-order valence-corrected chi connectivity index (χ4v) is 2.89. The van der Waals surface area contributed by atoms with Crippen LogP contribution in [0.2, 0.25) is 0 Å². The number of hydrogen-bond acceptors (Lipinski definition) is 8. The van der Waals surface area contributed by atoms with Crippen molar-refractivity contribution in [3.63, 3.8) is 0 Å². The van der Waals surface area contributed by atoms with Crippen LogP contribution in [0.25, 0.3) is 11.5 Å². The van der Waals surface area contributed by atoms with E-state index in [1.54, 1.807) is 19.1 Å². The third-order valence-electron chi connectivity index (χ3n) is 3.68. The minimum atomic E-state index is -3.27. The summed E-state index contributed by atoms with van der Waals surface area (Å²) in [4.78, 5) is 10.4. The molecule has 27 heavy (non-hydrogen) atoms. The van der Waals surface area contributed by atoms with E-state index in [1.807, 2.05) is 0 Å². The highest BCUT2D eigenvalue weighted by Gasteiger charge is 2.17. The summed E-state index contributed by atoms with van der Waals surface area (Å²) >= 11 is 0. The van der Waals surface area contributed by atoms with Gasteiger partial charge < -0.3 is 9.15 Å². The molecule has 0 bridgehead atoms. The Hall–Kier alpha value is -3.27. The Kier molecular flexibility index (Phi) is 4.91. The highest BCUT2D eigenvalue weighted by atomic mass is 32.2. The zero-order chi connectivity index (χ0) is 19.6. The summed E-state index contributed by atoms with van der Waals surface area (Å²) in [7, 11) is -3.27. The van der Waals surface area contributed by atoms with Crippen molar-refractivity contribution in [2.24, 2.45) is 0 Å². The van der Waals surface area contributed by atoms with Crippen LogP contribution in [0.15, 0.2) is 57.8 Å². The van der Waals surface area contributed by atoms with E-state index < -0.39 is 20.9 Å². The van der Waals surface area contributed by atoms with E-state index in [-0.39, 0.29) is 22.4 Å². The fourth-order valence-electron chi connectivity index (χ4n) is 2.26. The molecule has 0 saturated carbocycles. The van der Waals surface area contributed by atoms with Crippen LogP contribution in [0.3, 0.4) is 0 Å². The second-order valence-corrected chi connectivity index (χ2v) is 7.77. The Balaban J connectivity index is 1.73. The minimum absolute atomic E-state index is 0.0345. The molecule has 0 spiro atoms. The summed E-state index contributed by atoms with van der Waals surface area (Å²) < 4.78 is 34.2. The van der Waals surface area contributed by atoms with Crippen molar-refractivity contribution in [1.29, 1.82) is 0 Å². The first-order chi connectivity index (χ1) is 12.7. The van der Waals surface area contributed by atoms with Crippen molar-refractivity contribution >= 4 is 15.5 Å². The van der Waals surface area contributed by atoms with E-state index in [1.165, 1.54) is 36.4 Å². The summed E-state index contributed by atoms with van der Waals surface area (Å²) in [5, 5.41) is 18.6. The maximum atomic E-state index is 11.5. The van der Waals surface area contributed by atoms with Gasteiger partial charge in [0, 0.05) is 24.0 Å². The molecule has 10 heteroatoms. The maximum absolute atomic E-state index is 11.5. The topological polar surface area (TPSA) is 125 Å². The third-order valence-corrected chi connectivity index (χ3v) is 4.81. The summed E-state index contributed by atoms with van der Waals surface area (Å²) in [6, 6.07) is 11.7. The van der Waals surface area contributed by atoms with Gasteiger partial charge in [-0.1, -0.05) is 0 Å². The van der Waals surface area contributed by atoms with E-state index in [0.717, 1.165) is 6.26 Å². The molecule has 0 fully saturated rings. The van der Waals surface area contributed by atoms with Crippen molar-refractivity contribution in [2.45, 2.75) is 17.9 Å². The maximum Gasteiger partial charge on any atom is 0.269 e. The number of nitro groups is 1. The van der Waals surface area contributed by atoms with Crippen LogP contribution in [0.4, 0.5) is 5.69 Å². The van der Waals surface area contributed by atoms with Gasteiger partial charge in [-0.2, -0.15) is 0 Å². The van der Waals surface area contributed by atoms with Gasteiger partial charge in [-0.05, 0) is 43.3 Å². The second kappa shape index (κ2) is 7.16. The molecular formula is C17H15N3O6S. The van der Waals surface area contributed by atoms with Gasteiger partial charge in [-0.15, -0.1) is 10.2 Å². The molecule has 9 nitrogen and oxygen atoms in total. The Morgan fingerprint density at radius 3 is 2.26 bits per heavy atom. The Labute approximate surface area is 154 Å². The minimum Gasteiger partial charge on any atom is -0.481 e. The molecule has 0 radical (unpaired) electrons. The quantitative estimate of drug-likeness (QED) is 0.465. The van der Waals surface area contributed by atoms with Crippen molar-refractivity contribution in [1.82, 2.24) is 10.2 Å². The molecule has 1 unspecified atom stereocenters. The molecule has 0 amide bonds. The number of aromatic nitrogens is 2. The molecule has 0 N–H and O–H groups in total. The van der Waals surface area contributed by atoms with Crippen molar-refractivity contribution in [2.75, 3.05) is 6.26 Å². The molecule has 1 aromatic heterocycles. The van der Waals surface area contributed by atoms with Gasteiger partial charge in [-0.3, -0.25) is 10.1 Å². The van der Waals surface area contributed by atoms with Gasteiger partial charge in [0.15, 0.2) is 15.9 Å². The lowest BCUT2D eigenvalue weighted by Crippen LogP contribution is -2.04. The highest BCUT2D eigenvalue weighted by molar-refractivity contribution is 7.90. The molecule has 0 aliphatic rings. The molecule has 140 valence electrons. The van der Waals surface area contributed by atoms with Crippen LogP contribution in [-0.2, 0) is 9.84 Å². The van der Waals surface area contributed by atoms with E-state index in [2.05, 4.69) is 10.2 Å². The molecule has 0 aliphatic heterocycles. The monoisotopic (exact) mass is 389 g/mol. The first-order valence-electron chi connectivity index (χ1n) is 7.79. The lowest BCUT2D eigenvalue weighted by atomic mass is 10.2. The van der Waals surface area contributed by atoms with Crippen LogP contribution in [0.1, 0.15) is 18.9 Å². The smallest absolute Gasteiger partial charge is 0.269 e. The number of non-ortho nitro benzene ring substituents is 1. The Morgan fingerprint density at radius 1 is 1.07 bits per heavy atom. The fraction of sp³-hybridized carbons (Fsp3) is 0.176. The molecule has 0 aliphatic carbocycles. The van der Waals surface area contributed by atoms with Crippen LogP contribution in [-0.4, -0.2) is 29.8 Å². The van der Waals surface area contributed by atoms with E-state index in [4.69, 9.17) is 9.15 Å². The van der Waals surface area contributed by atoms with E-state index in [0.29, 0.717) is 11.3 Å². The molecule has 1 atom stereocenters.